The van der Waals surface area contributed by atoms with Gasteiger partial charge in [-0.15, -0.1) is 0 Å². The second-order valence-corrected chi connectivity index (χ2v) is 12.2. The molecule has 0 bridgehead atoms. The quantitative estimate of drug-likeness (QED) is 0.528. The van der Waals surface area contributed by atoms with Crippen molar-refractivity contribution in [1.29, 1.82) is 0 Å². The molecular weight excluding hydrogens is 384 g/mol. The Kier molecular flexibility index (Phi) is 4.43. The summed E-state index contributed by atoms with van der Waals surface area (Å²) >= 11 is 0. The Labute approximate surface area is 187 Å². The fraction of sp³-hybridized carbons (Fsp3) is 0.679. The van der Waals surface area contributed by atoms with E-state index in [4.69, 9.17) is 0 Å². The van der Waals surface area contributed by atoms with Crippen molar-refractivity contribution >= 4 is 5.78 Å². The maximum atomic E-state index is 12.5. The normalized spacial score (nSPS) is 46.8. The second-order valence-electron chi connectivity index (χ2n) is 12.2. The summed E-state index contributed by atoms with van der Waals surface area (Å²) in [5, 5.41) is 20.2. The largest absolute Gasteiger partial charge is 0.504 e. The molecule has 0 aromatic carbocycles. The molecule has 5 aliphatic carbocycles. The zero-order valence-corrected chi connectivity index (χ0v) is 19.8. The van der Waals surface area contributed by atoms with Gasteiger partial charge in [-0.25, -0.2) is 0 Å². The molecule has 0 radical (unpaired) electrons. The first-order valence-electron chi connectivity index (χ1n) is 12.2. The fourth-order valence-corrected chi connectivity index (χ4v) is 8.57. The summed E-state index contributed by atoms with van der Waals surface area (Å²) in [6.45, 7) is 12.0. The summed E-state index contributed by atoms with van der Waals surface area (Å²) in [7, 11) is 0. The molecule has 0 aromatic rings. The molecule has 0 amide bonds. The third-order valence-electron chi connectivity index (χ3n) is 10.9. The van der Waals surface area contributed by atoms with Crippen molar-refractivity contribution in [2.24, 2.45) is 33.5 Å². The van der Waals surface area contributed by atoms with Crippen LogP contribution in [0.15, 0.2) is 46.3 Å². The highest BCUT2D eigenvalue weighted by atomic mass is 16.3. The number of fused-ring (bicyclic) bond motifs is 7. The van der Waals surface area contributed by atoms with Crippen molar-refractivity contribution in [3.63, 3.8) is 0 Å². The van der Waals surface area contributed by atoms with Gasteiger partial charge in [0.2, 0.25) is 5.78 Å². The van der Waals surface area contributed by atoms with E-state index in [9.17, 15) is 15.0 Å². The zero-order chi connectivity index (χ0) is 22.4. The molecule has 6 atom stereocenters. The molecule has 0 heterocycles. The first kappa shape index (κ1) is 21.2. The van der Waals surface area contributed by atoms with Gasteiger partial charge in [0.1, 0.15) is 0 Å². The summed E-state index contributed by atoms with van der Waals surface area (Å²) in [5.41, 5.74) is 4.82. The van der Waals surface area contributed by atoms with Crippen molar-refractivity contribution in [2.45, 2.75) is 79.6 Å². The van der Waals surface area contributed by atoms with Gasteiger partial charge in [0, 0.05) is 17.6 Å². The summed E-state index contributed by atoms with van der Waals surface area (Å²) in [6.07, 6.45) is 14.3. The molecule has 0 unspecified atom stereocenters. The number of allylic oxidation sites excluding steroid dienone is 7. The maximum Gasteiger partial charge on any atom is 0.220 e. The number of carbonyl (C=O) groups is 1. The maximum absolute atomic E-state index is 12.5. The zero-order valence-electron chi connectivity index (χ0n) is 19.8. The number of hydrogen-bond acceptors (Lipinski definition) is 3. The monoisotopic (exact) mass is 422 g/mol. The van der Waals surface area contributed by atoms with Crippen LogP contribution in [-0.4, -0.2) is 22.6 Å². The highest BCUT2D eigenvalue weighted by Gasteiger charge is 2.65. The Hall–Kier alpha value is -1.61. The summed E-state index contributed by atoms with van der Waals surface area (Å²) in [4.78, 5) is 12.5. The van der Waals surface area contributed by atoms with Gasteiger partial charge in [-0.1, -0.05) is 45.4 Å². The minimum Gasteiger partial charge on any atom is -0.504 e. The molecule has 2 N–H and O–H groups in total. The topological polar surface area (TPSA) is 57.5 Å². The van der Waals surface area contributed by atoms with Crippen LogP contribution in [0.5, 0.6) is 0 Å². The van der Waals surface area contributed by atoms with Gasteiger partial charge in [0.15, 0.2) is 5.76 Å². The highest BCUT2D eigenvalue weighted by molar-refractivity contribution is 6.06. The number of carbonyl (C=O) groups excluding carboxylic acids is 1. The fourth-order valence-electron chi connectivity index (χ4n) is 8.57. The second kappa shape index (κ2) is 6.47. The Morgan fingerprint density at radius 2 is 1.77 bits per heavy atom. The van der Waals surface area contributed by atoms with Gasteiger partial charge < -0.3 is 10.2 Å². The molecule has 5 rings (SSSR count). The Morgan fingerprint density at radius 3 is 2.48 bits per heavy atom. The van der Waals surface area contributed by atoms with Crippen LogP contribution < -0.4 is 0 Å². The molecule has 0 aromatic heterocycles. The number of rotatable bonds is 1. The highest BCUT2D eigenvalue weighted by Crippen LogP contribution is 2.74. The number of aliphatic hydroxyl groups excluding tert-OH is 2. The Morgan fingerprint density at radius 1 is 1.03 bits per heavy atom. The molecule has 3 heteroatoms. The molecule has 0 aliphatic heterocycles. The van der Waals surface area contributed by atoms with Crippen molar-refractivity contribution in [3.05, 3.63) is 46.3 Å². The lowest BCUT2D eigenvalue weighted by Gasteiger charge is -2.69. The number of hydrogen-bond donors (Lipinski definition) is 2. The van der Waals surface area contributed by atoms with Crippen molar-refractivity contribution in [2.75, 3.05) is 6.61 Å². The average molecular weight is 423 g/mol. The molecule has 3 saturated carbocycles. The van der Waals surface area contributed by atoms with Gasteiger partial charge in [0.05, 0.1) is 0 Å². The van der Waals surface area contributed by atoms with E-state index in [0.29, 0.717) is 29.4 Å². The van der Waals surface area contributed by atoms with Gasteiger partial charge in [-0.05, 0) is 97.2 Å². The first-order chi connectivity index (χ1) is 14.5. The van der Waals surface area contributed by atoms with E-state index in [0.717, 1.165) is 36.8 Å². The first-order valence-corrected chi connectivity index (χ1v) is 12.2. The van der Waals surface area contributed by atoms with Crippen LogP contribution in [0, 0.1) is 33.5 Å². The van der Waals surface area contributed by atoms with E-state index in [2.05, 4.69) is 39.8 Å². The molecule has 5 aliphatic rings. The minimum absolute atomic E-state index is 0.0740. The van der Waals surface area contributed by atoms with Gasteiger partial charge in [0.25, 0.3) is 0 Å². The van der Waals surface area contributed by atoms with Crippen LogP contribution in [0.25, 0.3) is 0 Å². The SMILES string of the molecule is CC1=C(O)C(=O)C=C2C1=CC=C1[C@@]2(C)CC[C@@]2(C)[C@@H]3C[C@H](CO)CC[C@]3(C)CC[C@]12C. The third kappa shape index (κ3) is 2.53. The van der Waals surface area contributed by atoms with E-state index < -0.39 is 0 Å². The lowest BCUT2D eigenvalue weighted by molar-refractivity contribution is -0.151. The number of ketones is 1. The van der Waals surface area contributed by atoms with Crippen LogP contribution in [0.1, 0.15) is 79.6 Å². The van der Waals surface area contributed by atoms with Gasteiger partial charge in [-0.2, -0.15) is 0 Å². The third-order valence-corrected chi connectivity index (χ3v) is 10.9. The molecular formula is C28H38O3. The Balaban J connectivity index is 1.64. The number of aliphatic hydroxyl groups is 2. The standard InChI is InChI=1S/C28H38O3/c1-17-19-6-7-22-26(3,20(19)15-21(30)24(17)31)11-13-28(5)23-14-18(16-29)8-9-25(23,2)10-12-27(22,28)4/h6-7,15,18,23,29,31H,8-14,16H2,1-5H3/t18-,23-,25-,26+,27-,28+/m1/s1. The molecule has 3 nitrogen and oxygen atoms in total. The molecule has 0 saturated heterocycles. The van der Waals surface area contributed by atoms with Crippen LogP contribution in [0.3, 0.4) is 0 Å². The summed E-state index contributed by atoms with van der Waals surface area (Å²) < 4.78 is 0. The van der Waals surface area contributed by atoms with Crippen LogP contribution in [0.2, 0.25) is 0 Å². The van der Waals surface area contributed by atoms with E-state index in [-0.39, 0.29) is 27.8 Å². The smallest absolute Gasteiger partial charge is 0.220 e. The van der Waals surface area contributed by atoms with E-state index in [1.807, 2.05) is 6.92 Å². The summed E-state index contributed by atoms with van der Waals surface area (Å²) in [5.74, 6) is 0.702. The van der Waals surface area contributed by atoms with Crippen molar-refractivity contribution in [3.8, 4) is 0 Å². The van der Waals surface area contributed by atoms with Crippen LogP contribution in [0.4, 0.5) is 0 Å². The Bertz CT molecular complexity index is 980. The van der Waals surface area contributed by atoms with E-state index in [1.165, 1.54) is 24.8 Å². The van der Waals surface area contributed by atoms with Crippen LogP contribution in [-0.2, 0) is 4.79 Å². The van der Waals surface area contributed by atoms with Gasteiger partial charge in [-0.3, -0.25) is 4.79 Å². The van der Waals surface area contributed by atoms with E-state index >= 15 is 0 Å². The molecule has 3 fully saturated rings. The van der Waals surface area contributed by atoms with Crippen LogP contribution >= 0.6 is 0 Å². The van der Waals surface area contributed by atoms with Crippen molar-refractivity contribution < 1.29 is 15.0 Å². The summed E-state index contributed by atoms with van der Waals surface area (Å²) in [6, 6.07) is 0. The molecule has 168 valence electrons. The minimum atomic E-state index is -0.250. The lowest BCUT2D eigenvalue weighted by Crippen LogP contribution is -2.61. The lowest BCUT2D eigenvalue weighted by atomic mass is 9.35. The average Bonchev–Trinajstić information content (AvgIpc) is 2.74. The van der Waals surface area contributed by atoms with E-state index in [1.54, 1.807) is 6.08 Å². The predicted octanol–water partition coefficient (Wildman–Crippen LogP) is 6.22. The van der Waals surface area contributed by atoms with Gasteiger partial charge >= 0.3 is 0 Å². The van der Waals surface area contributed by atoms with Crippen molar-refractivity contribution in [1.82, 2.24) is 0 Å². The molecule has 0 spiro atoms. The predicted molar refractivity (Wildman–Crippen MR) is 123 cm³/mol. The molecule has 31 heavy (non-hydrogen) atoms.